The van der Waals surface area contributed by atoms with Crippen molar-refractivity contribution in [2.45, 2.75) is 64.3 Å². The normalized spacial score (nSPS) is 26.7. The van der Waals surface area contributed by atoms with E-state index in [1.54, 1.807) is 0 Å². The fourth-order valence-corrected chi connectivity index (χ4v) is 4.13. The largest absolute Gasteiger partial charge is 0.444 e. The van der Waals surface area contributed by atoms with Crippen LogP contribution in [-0.2, 0) is 9.47 Å². The van der Waals surface area contributed by atoms with E-state index in [2.05, 4.69) is 45.9 Å². The molecular formula is C22H35N3O3. The van der Waals surface area contributed by atoms with Gasteiger partial charge in [-0.05, 0) is 52.7 Å². The van der Waals surface area contributed by atoms with Crippen LogP contribution in [0.2, 0.25) is 0 Å². The van der Waals surface area contributed by atoms with Crippen LogP contribution < -0.4 is 15.5 Å². The topological polar surface area (TPSA) is 62.8 Å². The standard InChI is InChI=1S/C22H35N3O3/c1-16(23-21(26)28-22(2,3)4)19-15-27-13-11-20(19)24-17-10-12-25(14-17)18-8-6-5-7-9-18/h5-9,16-17,19-20,24H,10-15H2,1-4H3,(H,23,26). The first-order chi connectivity index (χ1) is 13.3. The molecule has 156 valence electrons. The predicted octanol–water partition coefficient (Wildman–Crippen LogP) is 3.17. The number of rotatable bonds is 5. The molecule has 2 fully saturated rings. The Hall–Kier alpha value is -1.79. The Labute approximate surface area is 169 Å². The van der Waals surface area contributed by atoms with E-state index >= 15 is 0 Å². The van der Waals surface area contributed by atoms with Crippen LogP contribution in [-0.4, -0.2) is 56.1 Å². The second-order valence-electron chi connectivity index (χ2n) is 9.00. The number of nitrogens with zero attached hydrogens (tertiary/aromatic N) is 1. The number of benzene rings is 1. The lowest BCUT2D eigenvalue weighted by atomic mass is 9.89. The number of amides is 1. The van der Waals surface area contributed by atoms with Gasteiger partial charge in [0.2, 0.25) is 0 Å². The Kier molecular flexibility index (Phi) is 6.83. The average molecular weight is 390 g/mol. The molecule has 1 aromatic carbocycles. The van der Waals surface area contributed by atoms with Gasteiger partial charge in [-0.1, -0.05) is 18.2 Å². The molecule has 0 bridgehead atoms. The summed E-state index contributed by atoms with van der Waals surface area (Å²) in [4.78, 5) is 14.6. The Morgan fingerprint density at radius 2 is 2.00 bits per heavy atom. The number of carbonyl (C=O) groups is 1. The molecule has 0 saturated carbocycles. The monoisotopic (exact) mass is 389 g/mol. The highest BCUT2D eigenvalue weighted by molar-refractivity contribution is 5.68. The molecule has 2 aliphatic heterocycles. The smallest absolute Gasteiger partial charge is 0.407 e. The molecule has 1 amide bonds. The first-order valence-corrected chi connectivity index (χ1v) is 10.4. The molecule has 3 rings (SSSR count). The highest BCUT2D eigenvalue weighted by atomic mass is 16.6. The molecule has 0 aromatic heterocycles. The quantitative estimate of drug-likeness (QED) is 0.810. The summed E-state index contributed by atoms with van der Waals surface area (Å²) in [6, 6.07) is 11.4. The summed E-state index contributed by atoms with van der Waals surface area (Å²) >= 11 is 0. The molecule has 1 aromatic rings. The van der Waals surface area contributed by atoms with Gasteiger partial charge in [-0.25, -0.2) is 4.79 Å². The molecule has 2 saturated heterocycles. The average Bonchev–Trinajstić information content (AvgIpc) is 3.10. The van der Waals surface area contributed by atoms with Gasteiger partial charge in [0.1, 0.15) is 5.60 Å². The van der Waals surface area contributed by atoms with Gasteiger partial charge in [-0.15, -0.1) is 0 Å². The number of para-hydroxylation sites is 1. The van der Waals surface area contributed by atoms with Gasteiger partial charge >= 0.3 is 6.09 Å². The van der Waals surface area contributed by atoms with E-state index < -0.39 is 5.60 Å². The number of anilines is 1. The lowest BCUT2D eigenvalue weighted by Crippen LogP contribution is -2.55. The lowest BCUT2D eigenvalue weighted by molar-refractivity contribution is 0.0106. The minimum Gasteiger partial charge on any atom is -0.444 e. The molecule has 4 atom stereocenters. The summed E-state index contributed by atoms with van der Waals surface area (Å²) < 4.78 is 11.1. The molecule has 4 unspecified atom stereocenters. The highest BCUT2D eigenvalue weighted by Crippen LogP contribution is 2.24. The molecule has 0 radical (unpaired) electrons. The summed E-state index contributed by atoms with van der Waals surface area (Å²) in [5, 5.41) is 6.86. The van der Waals surface area contributed by atoms with E-state index in [4.69, 9.17) is 9.47 Å². The summed E-state index contributed by atoms with van der Waals surface area (Å²) in [5.74, 6) is 0.229. The summed E-state index contributed by atoms with van der Waals surface area (Å²) in [5.41, 5.74) is 0.796. The first kappa shape index (κ1) is 20.9. The zero-order valence-electron chi connectivity index (χ0n) is 17.6. The van der Waals surface area contributed by atoms with Crippen LogP contribution in [0.15, 0.2) is 30.3 Å². The molecule has 6 nitrogen and oxygen atoms in total. The second kappa shape index (κ2) is 9.14. The SMILES string of the molecule is CC(NC(=O)OC(C)(C)C)C1COCCC1NC1CCN(c2ccccc2)C1. The third kappa shape index (κ3) is 5.85. The van der Waals surface area contributed by atoms with Gasteiger partial charge in [0.25, 0.3) is 0 Å². The van der Waals surface area contributed by atoms with E-state index in [1.807, 2.05) is 27.7 Å². The van der Waals surface area contributed by atoms with E-state index in [-0.39, 0.29) is 18.1 Å². The van der Waals surface area contributed by atoms with Crippen molar-refractivity contribution in [1.29, 1.82) is 0 Å². The summed E-state index contributed by atoms with van der Waals surface area (Å²) in [6.45, 7) is 11.2. The number of carbonyl (C=O) groups excluding carboxylic acids is 1. The van der Waals surface area contributed by atoms with Crippen molar-refractivity contribution >= 4 is 11.8 Å². The first-order valence-electron chi connectivity index (χ1n) is 10.4. The Morgan fingerprint density at radius 1 is 1.25 bits per heavy atom. The minimum atomic E-state index is -0.491. The van der Waals surface area contributed by atoms with E-state index in [0.717, 1.165) is 32.5 Å². The van der Waals surface area contributed by atoms with E-state index in [9.17, 15) is 4.79 Å². The molecule has 6 heteroatoms. The zero-order valence-corrected chi connectivity index (χ0v) is 17.6. The molecule has 0 aliphatic carbocycles. The van der Waals surface area contributed by atoms with Crippen molar-refractivity contribution in [2.75, 3.05) is 31.2 Å². The minimum absolute atomic E-state index is 0.0146. The zero-order chi connectivity index (χ0) is 20.1. The fraction of sp³-hybridized carbons (Fsp3) is 0.682. The Morgan fingerprint density at radius 3 is 2.71 bits per heavy atom. The van der Waals surface area contributed by atoms with Crippen LogP contribution >= 0.6 is 0 Å². The molecule has 0 spiro atoms. The van der Waals surface area contributed by atoms with Gasteiger partial charge < -0.3 is 25.0 Å². The van der Waals surface area contributed by atoms with Gasteiger partial charge in [0.05, 0.1) is 6.61 Å². The van der Waals surface area contributed by atoms with Crippen molar-refractivity contribution < 1.29 is 14.3 Å². The van der Waals surface area contributed by atoms with Gasteiger partial charge in [0.15, 0.2) is 0 Å². The third-order valence-corrected chi connectivity index (χ3v) is 5.55. The molecule has 2 aliphatic rings. The lowest BCUT2D eigenvalue weighted by Gasteiger charge is -2.38. The fourth-order valence-electron chi connectivity index (χ4n) is 4.13. The maximum atomic E-state index is 12.2. The number of hydrogen-bond acceptors (Lipinski definition) is 5. The van der Waals surface area contributed by atoms with Crippen molar-refractivity contribution in [3.8, 4) is 0 Å². The maximum absolute atomic E-state index is 12.2. The van der Waals surface area contributed by atoms with E-state index in [0.29, 0.717) is 18.7 Å². The molecule has 2 heterocycles. The van der Waals surface area contributed by atoms with Crippen molar-refractivity contribution in [3.05, 3.63) is 30.3 Å². The number of alkyl carbamates (subject to hydrolysis) is 1. The summed E-state index contributed by atoms with van der Waals surface area (Å²) in [6.07, 6.45) is 1.74. The second-order valence-corrected chi connectivity index (χ2v) is 9.00. The van der Waals surface area contributed by atoms with Gasteiger partial charge in [0, 0.05) is 49.4 Å². The Balaban J connectivity index is 1.54. The Bertz CT molecular complexity index is 632. The van der Waals surface area contributed by atoms with Gasteiger partial charge in [-0.2, -0.15) is 0 Å². The van der Waals surface area contributed by atoms with Crippen LogP contribution in [0.3, 0.4) is 0 Å². The van der Waals surface area contributed by atoms with Crippen LogP contribution in [0.5, 0.6) is 0 Å². The number of hydrogen-bond donors (Lipinski definition) is 2. The third-order valence-electron chi connectivity index (χ3n) is 5.55. The van der Waals surface area contributed by atoms with Crippen molar-refractivity contribution in [1.82, 2.24) is 10.6 Å². The predicted molar refractivity (Wildman–Crippen MR) is 112 cm³/mol. The van der Waals surface area contributed by atoms with E-state index in [1.165, 1.54) is 5.69 Å². The van der Waals surface area contributed by atoms with Crippen LogP contribution in [0, 0.1) is 5.92 Å². The summed E-state index contributed by atoms with van der Waals surface area (Å²) in [7, 11) is 0. The van der Waals surface area contributed by atoms with Crippen LogP contribution in [0.25, 0.3) is 0 Å². The maximum Gasteiger partial charge on any atom is 0.407 e. The van der Waals surface area contributed by atoms with Crippen LogP contribution in [0.4, 0.5) is 10.5 Å². The van der Waals surface area contributed by atoms with Crippen LogP contribution in [0.1, 0.15) is 40.5 Å². The number of nitrogens with one attached hydrogen (secondary N) is 2. The molecule has 28 heavy (non-hydrogen) atoms. The number of ether oxygens (including phenoxy) is 2. The highest BCUT2D eigenvalue weighted by Gasteiger charge is 2.34. The van der Waals surface area contributed by atoms with Crippen molar-refractivity contribution in [3.63, 3.8) is 0 Å². The molecule has 2 N–H and O–H groups in total. The van der Waals surface area contributed by atoms with Gasteiger partial charge in [-0.3, -0.25) is 0 Å². The van der Waals surface area contributed by atoms with Crippen molar-refractivity contribution in [2.24, 2.45) is 5.92 Å². The molecular weight excluding hydrogens is 354 g/mol.